The van der Waals surface area contributed by atoms with E-state index in [2.05, 4.69) is 14.9 Å². The van der Waals surface area contributed by atoms with Gasteiger partial charge in [-0.15, -0.1) is 18.3 Å². The number of nitrogens with zero attached hydrogens (tertiary/aromatic N) is 2. The van der Waals surface area contributed by atoms with Crippen LogP contribution in [-0.4, -0.2) is 16.6 Å². The highest BCUT2D eigenvalue weighted by Crippen LogP contribution is 2.20. The lowest BCUT2D eigenvalue weighted by atomic mass is 10.1. The standard InChI is InChI=1S/C8H9F3N2O/c1-5(2)6-3-4-7(13-12-6)14-8(9,10)11/h3-5H,1-2H3. The van der Waals surface area contributed by atoms with Gasteiger partial charge in [-0.1, -0.05) is 13.8 Å². The van der Waals surface area contributed by atoms with E-state index < -0.39 is 12.2 Å². The van der Waals surface area contributed by atoms with E-state index >= 15 is 0 Å². The van der Waals surface area contributed by atoms with E-state index in [-0.39, 0.29) is 5.92 Å². The summed E-state index contributed by atoms with van der Waals surface area (Å²) in [4.78, 5) is 0. The smallest absolute Gasteiger partial charge is 0.386 e. The molecule has 0 saturated heterocycles. The summed E-state index contributed by atoms with van der Waals surface area (Å²) in [6.45, 7) is 3.74. The van der Waals surface area contributed by atoms with Crippen LogP contribution >= 0.6 is 0 Å². The van der Waals surface area contributed by atoms with Crippen LogP contribution in [0.1, 0.15) is 25.5 Å². The second-order valence-electron chi connectivity index (χ2n) is 3.00. The van der Waals surface area contributed by atoms with Gasteiger partial charge in [0.05, 0.1) is 5.69 Å². The second kappa shape index (κ2) is 3.81. The van der Waals surface area contributed by atoms with E-state index in [0.29, 0.717) is 5.69 Å². The molecule has 0 fully saturated rings. The normalized spacial score (nSPS) is 11.9. The van der Waals surface area contributed by atoms with Gasteiger partial charge in [0.2, 0.25) is 5.88 Å². The van der Waals surface area contributed by atoms with E-state index in [0.717, 1.165) is 6.07 Å². The lowest BCUT2D eigenvalue weighted by Crippen LogP contribution is -2.18. The molecular formula is C8H9F3N2O. The van der Waals surface area contributed by atoms with Gasteiger partial charge in [-0.25, -0.2) is 0 Å². The molecule has 78 valence electrons. The Morgan fingerprint density at radius 3 is 2.21 bits per heavy atom. The van der Waals surface area contributed by atoms with Gasteiger partial charge in [-0.2, -0.15) is 5.10 Å². The molecule has 0 aromatic carbocycles. The lowest BCUT2D eigenvalue weighted by molar-refractivity contribution is -0.276. The van der Waals surface area contributed by atoms with Crippen molar-refractivity contribution in [2.24, 2.45) is 0 Å². The third-order valence-corrected chi connectivity index (χ3v) is 1.47. The molecule has 6 heteroatoms. The fraction of sp³-hybridized carbons (Fsp3) is 0.500. The highest BCUT2D eigenvalue weighted by Gasteiger charge is 2.31. The first kappa shape index (κ1) is 10.7. The molecule has 0 radical (unpaired) electrons. The van der Waals surface area contributed by atoms with Crippen molar-refractivity contribution >= 4 is 0 Å². The van der Waals surface area contributed by atoms with Crippen LogP contribution in [0.5, 0.6) is 5.88 Å². The molecule has 1 aromatic rings. The molecule has 0 aliphatic carbocycles. The summed E-state index contributed by atoms with van der Waals surface area (Å²) >= 11 is 0. The molecule has 0 saturated carbocycles. The topological polar surface area (TPSA) is 35.0 Å². The molecule has 0 aliphatic rings. The maximum Gasteiger partial charge on any atom is 0.574 e. The minimum atomic E-state index is -4.71. The molecule has 1 aromatic heterocycles. The maximum absolute atomic E-state index is 11.7. The van der Waals surface area contributed by atoms with E-state index in [1.165, 1.54) is 6.07 Å². The first-order valence-electron chi connectivity index (χ1n) is 3.98. The fourth-order valence-electron chi connectivity index (χ4n) is 0.811. The zero-order valence-corrected chi connectivity index (χ0v) is 7.67. The molecule has 0 spiro atoms. The fourth-order valence-corrected chi connectivity index (χ4v) is 0.811. The van der Waals surface area contributed by atoms with Crippen LogP contribution in [0.25, 0.3) is 0 Å². The first-order valence-corrected chi connectivity index (χ1v) is 3.98. The number of hydrogen-bond acceptors (Lipinski definition) is 3. The Morgan fingerprint density at radius 2 is 1.86 bits per heavy atom. The SMILES string of the molecule is CC(C)c1ccc(OC(F)(F)F)nn1. The molecule has 0 atom stereocenters. The average Bonchev–Trinajstić information content (AvgIpc) is 2.02. The molecule has 0 N–H and O–H groups in total. The summed E-state index contributed by atoms with van der Waals surface area (Å²) in [7, 11) is 0. The molecule has 0 aliphatic heterocycles. The largest absolute Gasteiger partial charge is 0.574 e. The van der Waals surface area contributed by atoms with Gasteiger partial charge in [-0.05, 0) is 12.0 Å². The van der Waals surface area contributed by atoms with Crippen molar-refractivity contribution in [2.75, 3.05) is 0 Å². The molecule has 0 unspecified atom stereocenters. The number of alkyl halides is 3. The number of hydrogen-bond donors (Lipinski definition) is 0. The highest BCUT2D eigenvalue weighted by molar-refractivity contribution is 5.13. The van der Waals surface area contributed by atoms with Gasteiger partial charge >= 0.3 is 6.36 Å². The van der Waals surface area contributed by atoms with Crippen LogP contribution in [0.3, 0.4) is 0 Å². The van der Waals surface area contributed by atoms with Gasteiger partial charge < -0.3 is 4.74 Å². The molecule has 0 amide bonds. The van der Waals surface area contributed by atoms with Crippen molar-refractivity contribution in [3.63, 3.8) is 0 Å². The van der Waals surface area contributed by atoms with Crippen molar-refractivity contribution < 1.29 is 17.9 Å². The summed E-state index contributed by atoms with van der Waals surface area (Å²) < 4.78 is 38.7. The quantitative estimate of drug-likeness (QED) is 0.745. The van der Waals surface area contributed by atoms with E-state index in [4.69, 9.17) is 0 Å². The second-order valence-corrected chi connectivity index (χ2v) is 3.00. The molecule has 0 bridgehead atoms. The Morgan fingerprint density at radius 1 is 1.21 bits per heavy atom. The zero-order valence-electron chi connectivity index (χ0n) is 7.67. The Balaban J connectivity index is 2.74. The van der Waals surface area contributed by atoms with Crippen LogP contribution in [-0.2, 0) is 0 Å². The van der Waals surface area contributed by atoms with Crippen molar-refractivity contribution in [3.05, 3.63) is 17.8 Å². The molecule has 3 nitrogen and oxygen atoms in total. The van der Waals surface area contributed by atoms with Crippen LogP contribution in [0.2, 0.25) is 0 Å². The van der Waals surface area contributed by atoms with E-state index in [1.54, 1.807) is 0 Å². The minimum Gasteiger partial charge on any atom is -0.386 e. The number of rotatable bonds is 2. The van der Waals surface area contributed by atoms with Gasteiger partial charge in [0.1, 0.15) is 0 Å². The predicted octanol–water partition coefficient (Wildman–Crippen LogP) is 2.50. The van der Waals surface area contributed by atoms with E-state index in [1.807, 2.05) is 13.8 Å². The average molecular weight is 206 g/mol. The van der Waals surface area contributed by atoms with Gasteiger partial charge in [0.25, 0.3) is 0 Å². The van der Waals surface area contributed by atoms with Crippen molar-refractivity contribution in [1.82, 2.24) is 10.2 Å². The zero-order chi connectivity index (χ0) is 10.8. The van der Waals surface area contributed by atoms with Crippen LogP contribution < -0.4 is 4.74 Å². The Hall–Kier alpha value is -1.33. The van der Waals surface area contributed by atoms with Gasteiger partial charge in [0.15, 0.2) is 0 Å². The summed E-state index contributed by atoms with van der Waals surface area (Å²) in [6.07, 6.45) is -4.71. The van der Waals surface area contributed by atoms with Crippen LogP contribution in [0.4, 0.5) is 13.2 Å². The predicted molar refractivity (Wildman–Crippen MR) is 42.8 cm³/mol. The number of halogens is 3. The highest BCUT2D eigenvalue weighted by atomic mass is 19.4. The Kier molecular flexibility index (Phi) is 2.93. The third kappa shape index (κ3) is 3.20. The molecular weight excluding hydrogens is 197 g/mol. The monoisotopic (exact) mass is 206 g/mol. The van der Waals surface area contributed by atoms with Crippen molar-refractivity contribution in [1.29, 1.82) is 0 Å². The van der Waals surface area contributed by atoms with Crippen LogP contribution in [0.15, 0.2) is 12.1 Å². The van der Waals surface area contributed by atoms with Gasteiger partial charge in [0, 0.05) is 6.07 Å². The van der Waals surface area contributed by atoms with Crippen molar-refractivity contribution in [3.8, 4) is 5.88 Å². The van der Waals surface area contributed by atoms with Crippen LogP contribution in [0, 0.1) is 0 Å². The van der Waals surface area contributed by atoms with E-state index in [9.17, 15) is 13.2 Å². The summed E-state index contributed by atoms with van der Waals surface area (Å²) in [5.74, 6) is -0.413. The summed E-state index contributed by atoms with van der Waals surface area (Å²) in [5, 5.41) is 6.88. The molecule has 14 heavy (non-hydrogen) atoms. The maximum atomic E-state index is 11.7. The Labute approximate surface area is 78.9 Å². The summed E-state index contributed by atoms with van der Waals surface area (Å²) in [6, 6.07) is 2.61. The molecule has 1 heterocycles. The summed E-state index contributed by atoms with van der Waals surface area (Å²) in [5.41, 5.74) is 0.625. The third-order valence-electron chi connectivity index (χ3n) is 1.47. The molecule has 1 rings (SSSR count). The van der Waals surface area contributed by atoms with Crippen molar-refractivity contribution in [2.45, 2.75) is 26.1 Å². The lowest BCUT2D eigenvalue weighted by Gasteiger charge is -2.08. The number of aromatic nitrogens is 2. The van der Waals surface area contributed by atoms with Gasteiger partial charge in [-0.3, -0.25) is 0 Å². The minimum absolute atomic E-state index is 0.127. The first-order chi connectivity index (χ1) is 6.38. The number of ether oxygens (including phenoxy) is 1. The Bertz CT molecular complexity index is 294.